The van der Waals surface area contributed by atoms with Gasteiger partial charge in [-0.1, -0.05) is 56.2 Å². The Balaban J connectivity index is 1.12. The Kier molecular flexibility index (Phi) is 11.0. The summed E-state index contributed by atoms with van der Waals surface area (Å²) in [5.74, 6) is 0.400. The van der Waals surface area contributed by atoms with Crippen molar-refractivity contribution in [3.8, 4) is 0 Å². The van der Waals surface area contributed by atoms with Gasteiger partial charge in [0.05, 0.1) is 11.0 Å². The molecular formula is C26H26Br2N6O4S2. The second kappa shape index (κ2) is 14.6. The molecule has 14 heteroatoms. The first-order valence-corrected chi connectivity index (χ1v) is 16.2. The number of rotatable bonds is 13. The molecule has 0 saturated heterocycles. The first-order chi connectivity index (χ1) is 19.4. The van der Waals surface area contributed by atoms with Crippen LogP contribution in [0.1, 0.15) is 11.1 Å². The van der Waals surface area contributed by atoms with Gasteiger partial charge in [-0.25, -0.2) is 0 Å². The number of hydrogen-bond donors (Lipinski definition) is 6. The van der Waals surface area contributed by atoms with Crippen molar-refractivity contribution >= 4 is 98.5 Å². The molecule has 0 aliphatic heterocycles. The van der Waals surface area contributed by atoms with Gasteiger partial charge >= 0.3 is 0 Å². The molecule has 4 aromatic rings. The highest BCUT2D eigenvalue weighted by Gasteiger charge is 2.17. The SMILES string of the molecule is O=C(NCCSSCCNC(=O)/C(Cc1c[nH]c2c(Br)cccc12)=N/O)/C(Cc1c[nH]c2c(Br)cccc12)=N/O. The summed E-state index contributed by atoms with van der Waals surface area (Å²) < 4.78 is 1.83. The summed E-state index contributed by atoms with van der Waals surface area (Å²) in [5.41, 5.74) is 3.61. The number of carbonyl (C=O) groups excluding carboxylic acids is 2. The zero-order valence-corrected chi connectivity index (χ0v) is 25.8. The number of amides is 2. The molecule has 6 N–H and O–H groups in total. The molecule has 0 atom stereocenters. The molecule has 40 heavy (non-hydrogen) atoms. The predicted molar refractivity (Wildman–Crippen MR) is 169 cm³/mol. The Morgan fingerprint density at radius 1 is 0.750 bits per heavy atom. The number of nitrogens with zero attached hydrogens (tertiary/aromatic N) is 2. The molecule has 2 heterocycles. The zero-order chi connectivity index (χ0) is 28.5. The van der Waals surface area contributed by atoms with Gasteiger partial charge in [0.2, 0.25) is 0 Å². The summed E-state index contributed by atoms with van der Waals surface area (Å²) in [6, 6.07) is 11.5. The second-order valence-electron chi connectivity index (χ2n) is 8.56. The van der Waals surface area contributed by atoms with Gasteiger partial charge in [-0.3, -0.25) is 9.59 Å². The first kappa shape index (κ1) is 30.0. The minimum Gasteiger partial charge on any atom is -0.410 e. The lowest BCUT2D eigenvalue weighted by Crippen LogP contribution is -2.34. The van der Waals surface area contributed by atoms with Crippen LogP contribution in [0.4, 0.5) is 0 Å². The standard InChI is InChI=1S/C26H26Br2N6O4S2/c27-19-5-1-3-17-15(13-31-23(17)19)11-21(33-37)25(35)29-7-9-39-40-10-8-30-26(36)22(34-38)12-16-14-32-24-18(16)4-2-6-20(24)28/h1-6,13-14,31-32,37-38H,7-12H2,(H,29,35)(H,30,36)/b33-21+,34-22+. The monoisotopic (exact) mass is 708 g/mol. The van der Waals surface area contributed by atoms with Gasteiger partial charge < -0.3 is 31.0 Å². The summed E-state index contributed by atoms with van der Waals surface area (Å²) in [4.78, 5) is 31.3. The Morgan fingerprint density at radius 2 is 1.18 bits per heavy atom. The smallest absolute Gasteiger partial charge is 0.269 e. The summed E-state index contributed by atoms with van der Waals surface area (Å²) in [5, 5.41) is 32.6. The third-order valence-corrected chi connectivity index (χ3v) is 9.74. The lowest BCUT2D eigenvalue weighted by molar-refractivity contribution is -0.115. The number of aromatic nitrogens is 2. The third-order valence-electron chi connectivity index (χ3n) is 6.01. The van der Waals surface area contributed by atoms with Crippen LogP contribution >= 0.6 is 53.4 Å². The van der Waals surface area contributed by atoms with E-state index < -0.39 is 11.8 Å². The van der Waals surface area contributed by atoms with Crippen molar-refractivity contribution in [1.29, 1.82) is 0 Å². The fourth-order valence-electron chi connectivity index (χ4n) is 4.06. The quantitative estimate of drug-likeness (QED) is 0.0367. The minimum atomic E-state index is -0.428. The number of H-pyrrole nitrogens is 2. The lowest BCUT2D eigenvalue weighted by atomic mass is 10.1. The maximum atomic E-state index is 12.5. The average molecular weight is 710 g/mol. The van der Waals surface area contributed by atoms with E-state index >= 15 is 0 Å². The molecule has 0 saturated carbocycles. The molecule has 0 unspecified atom stereocenters. The molecule has 0 radical (unpaired) electrons. The van der Waals surface area contributed by atoms with Crippen molar-refractivity contribution < 1.29 is 20.0 Å². The molecule has 2 amide bonds. The number of benzene rings is 2. The number of para-hydroxylation sites is 2. The van der Waals surface area contributed by atoms with Gasteiger partial charge in [-0.2, -0.15) is 0 Å². The van der Waals surface area contributed by atoms with E-state index in [0.717, 1.165) is 41.9 Å². The van der Waals surface area contributed by atoms with Crippen molar-refractivity contribution in [3.63, 3.8) is 0 Å². The minimum absolute atomic E-state index is 0.0304. The number of oxime groups is 2. The highest BCUT2D eigenvalue weighted by Crippen LogP contribution is 2.27. The van der Waals surface area contributed by atoms with Crippen LogP contribution in [0.5, 0.6) is 0 Å². The molecule has 0 bridgehead atoms. The maximum absolute atomic E-state index is 12.5. The molecular weight excluding hydrogens is 684 g/mol. The summed E-state index contributed by atoms with van der Waals surface area (Å²) in [6.45, 7) is 0.784. The number of nitrogens with one attached hydrogen (secondary N) is 4. The van der Waals surface area contributed by atoms with Crippen molar-refractivity contribution in [2.24, 2.45) is 10.3 Å². The Labute approximate surface area is 254 Å². The van der Waals surface area contributed by atoms with Crippen molar-refractivity contribution in [1.82, 2.24) is 20.6 Å². The molecule has 0 aliphatic rings. The normalized spacial score (nSPS) is 12.2. The lowest BCUT2D eigenvalue weighted by Gasteiger charge is -2.08. The number of carbonyl (C=O) groups is 2. The van der Waals surface area contributed by atoms with Gasteiger partial charge in [0.25, 0.3) is 11.8 Å². The van der Waals surface area contributed by atoms with Gasteiger partial charge in [0.15, 0.2) is 0 Å². The van der Waals surface area contributed by atoms with Crippen LogP contribution in [0.25, 0.3) is 21.8 Å². The predicted octanol–water partition coefficient (Wildman–Crippen LogP) is 5.23. The Hall–Kier alpha value is -2.94. The first-order valence-electron chi connectivity index (χ1n) is 12.1. The summed E-state index contributed by atoms with van der Waals surface area (Å²) >= 11 is 6.98. The van der Waals surface area contributed by atoms with Crippen LogP contribution in [-0.4, -0.2) is 68.2 Å². The molecule has 0 aliphatic carbocycles. The van der Waals surface area contributed by atoms with Gasteiger partial charge in [0, 0.05) is 69.5 Å². The van der Waals surface area contributed by atoms with Crippen LogP contribution in [0.15, 0.2) is 68.0 Å². The highest BCUT2D eigenvalue weighted by molar-refractivity contribution is 9.11. The van der Waals surface area contributed by atoms with Crippen LogP contribution in [-0.2, 0) is 22.4 Å². The maximum Gasteiger partial charge on any atom is 0.269 e. The van der Waals surface area contributed by atoms with Gasteiger partial charge in [-0.15, -0.1) is 0 Å². The van der Waals surface area contributed by atoms with E-state index in [9.17, 15) is 20.0 Å². The molecule has 10 nitrogen and oxygen atoms in total. The molecule has 210 valence electrons. The molecule has 2 aromatic heterocycles. The van der Waals surface area contributed by atoms with E-state index in [1.807, 2.05) is 36.4 Å². The van der Waals surface area contributed by atoms with E-state index in [0.29, 0.717) is 24.6 Å². The third kappa shape index (κ3) is 7.42. The number of halogens is 2. The largest absolute Gasteiger partial charge is 0.410 e. The van der Waals surface area contributed by atoms with Crippen LogP contribution in [0.2, 0.25) is 0 Å². The topological polar surface area (TPSA) is 155 Å². The number of fused-ring (bicyclic) bond motifs is 2. The molecule has 0 spiro atoms. The fraction of sp³-hybridized carbons (Fsp3) is 0.231. The average Bonchev–Trinajstić information content (AvgIpc) is 3.57. The fourth-order valence-corrected chi connectivity index (χ4v) is 6.84. The van der Waals surface area contributed by atoms with Crippen LogP contribution < -0.4 is 10.6 Å². The molecule has 0 fully saturated rings. The van der Waals surface area contributed by atoms with Crippen molar-refractivity contribution in [2.45, 2.75) is 12.8 Å². The van der Waals surface area contributed by atoms with E-state index in [2.05, 4.69) is 62.8 Å². The Bertz CT molecular complexity index is 1450. The molecule has 2 aromatic carbocycles. The van der Waals surface area contributed by atoms with E-state index in [1.165, 1.54) is 0 Å². The van der Waals surface area contributed by atoms with Crippen molar-refractivity contribution in [3.05, 3.63) is 68.9 Å². The van der Waals surface area contributed by atoms with Gasteiger partial charge in [0.1, 0.15) is 11.4 Å². The number of aromatic amines is 2. The van der Waals surface area contributed by atoms with E-state index in [1.54, 1.807) is 34.0 Å². The van der Waals surface area contributed by atoms with Crippen molar-refractivity contribution in [2.75, 3.05) is 24.6 Å². The molecule has 4 rings (SSSR count). The van der Waals surface area contributed by atoms with E-state index in [4.69, 9.17) is 0 Å². The Morgan fingerprint density at radius 3 is 1.57 bits per heavy atom. The summed E-state index contributed by atoms with van der Waals surface area (Å²) in [6.07, 6.45) is 3.99. The van der Waals surface area contributed by atoms with Crippen LogP contribution in [0.3, 0.4) is 0 Å². The highest BCUT2D eigenvalue weighted by atomic mass is 79.9. The van der Waals surface area contributed by atoms with Crippen LogP contribution in [0, 0.1) is 0 Å². The summed E-state index contributed by atoms with van der Waals surface area (Å²) in [7, 11) is 3.09. The van der Waals surface area contributed by atoms with E-state index in [-0.39, 0.29) is 24.3 Å². The zero-order valence-electron chi connectivity index (χ0n) is 21.0. The van der Waals surface area contributed by atoms with Gasteiger partial charge in [-0.05, 0) is 55.1 Å². The second-order valence-corrected chi connectivity index (χ2v) is 13.0. The number of hydrogen-bond acceptors (Lipinski definition) is 8.